The van der Waals surface area contributed by atoms with Gasteiger partial charge in [-0.2, -0.15) is 0 Å². The number of amides is 1. The Morgan fingerprint density at radius 2 is 1.64 bits per heavy atom. The van der Waals surface area contributed by atoms with Gasteiger partial charge in [-0.1, -0.05) is 32.9 Å². The van der Waals surface area contributed by atoms with Crippen LogP contribution in [0.25, 0.3) is 0 Å². The standard InChI is InChI=1S/C17H26N2O2.ClH/c1-5-16(20)13-6-8-14(9-7-13)17(21)19(4)11-10-15(18)12(2)3;/h6-9,12,15H,5,10-11,18H2,1-4H3;1H. The minimum Gasteiger partial charge on any atom is -0.342 e. The van der Waals surface area contributed by atoms with E-state index in [-0.39, 0.29) is 30.1 Å². The predicted octanol–water partition coefficient (Wildman–Crippen LogP) is 3.15. The van der Waals surface area contributed by atoms with Crippen molar-refractivity contribution in [2.45, 2.75) is 39.7 Å². The molecule has 0 spiro atoms. The Morgan fingerprint density at radius 1 is 1.14 bits per heavy atom. The first kappa shape index (κ1) is 20.6. The minimum atomic E-state index is -0.0403. The SMILES string of the molecule is CCC(=O)c1ccc(C(=O)N(C)CCC(N)C(C)C)cc1.Cl. The molecule has 0 fully saturated rings. The lowest BCUT2D eigenvalue weighted by Crippen LogP contribution is -2.34. The number of nitrogens with two attached hydrogens (primary N) is 1. The predicted molar refractivity (Wildman–Crippen MR) is 92.7 cm³/mol. The molecule has 1 amide bonds. The summed E-state index contributed by atoms with van der Waals surface area (Å²) in [6, 6.07) is 6.96. The minimum absolute atomic E-state index is 0. The van der Waals surface area contributed by atoms with Crippen LogP contribution in [0.5, 0.6) is 0 Å². The van der Waals surface area contributed by atoms with Crippen molar-refractivity contribution in [3.63, 3.8) is 0 Å². The highest BCUT2D eigenvalue weighted by atomic mass is 35.5. The van der Waals surface area contributed by atoms with Gasteiger partial charge in [0.25, 0.3) is 5.91 Å². The van der Waals surface area contributed by atoms with Crippen LogP contribution >= 0.6 is 12.4 Å². The van der Waals surface area contributed by atoms with E-state index in [1.807, 2.05) is 6.92 Å². The summed E-state index contributed by atoms with van der Waals surface area (Å²) >= 11 is 0. The fourth-order valence-corrected chi connectivity index (χ4v) is 2.00. The number of rotatable bonds is 7. The molecule has 1 aromatic carbocycles. The molecule has 0 saturated carbocycles. The number of ketones is 1. The molecule has 0 heterocycles. The van der Waals surface area contributed by atoms with Crippen LogP contribution in [0.3, 0.4) is 0 Å². The highest BCUT2D eigenvalue weighted by molar-refractivity contribution is 5.98. The van der Waals surface area contributed by atoms with Crippen LogP contribution in [0.2, 0.25) is 0 Å². The lowest BCUT2D eigenvalue weighted by atomic mass is 10.0. The first-order valence-corrected chi connectivity index (χ1v) is 7.51. The van der Waals surface area contributed by atoms with Crippen LogP contribution in [0.1, 0.15) is 54.3 Å². The van der Waals surface area contributed by atoms with Crippen LogP contribution in [0.4, 0.5) is 0 Å². The largest absolute Gasteiger partial charge is 0.342 e. The molecule has 5 heteroatoms. The zero-order valence-electron chi connectivity index (χ0n) is 13.8. The molecule has 1 atom stereocenters. The Labute approximate surface area is 139 Å². The Balaban J connectivity index is 0.00000441. The van der Waals surface area contributed by atoms with Crippen LogP contribution in [-0.2, 0) is 0 Å². The third-order valence-corrected chi connectivity index (χ3v) is 3.78. The highest BCUT2D eigenvalue weighted by Gasteiger charge is 2.14. The fraction of sp³-hybridized carbons (Fsp3) is 0.529. The van der Waals surface area contributed by atoms with Gasteiger partial charge in [0.05, 0.1) is 0 Å². The molecule has 0 aliphatic rings. The van der Waals surface area contributed by atoms with Crippen molar-refractivity contribution in [2.75, 3.05) is 13.6 Å². The first-order valence-electron chi connectivity index (χ1n) is 7.51. The molecule has 1 aromatic rings. The average Bonchev–Trinajstić information content (AvgIpc) is 2.50. The molecule has 0 bridgehead atoms. The van der Waals surface area contributed by atoms with Gasteiger partial charge in [-0.05, 0) is 24.5 Å². The normalized spacial score (nSPS) is 11.7. The molecule has 2 N–H and O–H groups in total. The monoisotopic (exact) mass is 326 g/mol. The van der Waals surface area contributed by atoms with Crippen molar-refractivity contribution in [1.29, 1.82) is 0 Å². The van der Waals surface area contributed by atoms with Crippen LogP contribution in [-0.4, -0.2) is 36.2 Å². The van der Waals surface area contributed by atoms with E-state index in [1.165, 1.54) is 0 Å². The van der Waals surface area contributed by atoms with Gasteiger partial charge < -0.3 is 10.6 Å². The van der Waals surface area contributed by atoms with E-state index in [9.17, 15) is 9.59 Å². The maximum absolute atomic E-state index is 12.3. The van der Waals surface area contributed by atoms with Crippen molar-refractivity contribution in [3.05, 3.63) is 35.4 Å². The summed E-state index contributed by atoms with van der Waals surface area (Å²) in [5, 5.41) is 0. The van der Waals surface area contributed by atoms with E-state index >= 15 is 0 Å². The maximum Gasteiger partial charge on any atom is 0.253 e. The van der Waals surface area contributed by atoms with E-state index < -0.39 is 0 Å². The van der Waals surface area contributed by atoms with Crippen molar-refractivity contribution in [3.8, 4) is 0 Å². The molecule has 0 saturated heterocycles. The topological polar surface area (TPSA) is 63.4 Å². The molecule has 22 heavy (non-hydrogen) atoms. The molecule has 4 nitrogen and oxygen atoms in total. The van der Waals surface area contributed by atoms with Crippen molar-refractivity contribution < 1.29 is 9.59 Å². The van der Waals surface area contributed by atoms with Gasteiger partial charge in [-0.15, -0.1) is 12.4 Å². The zero-order chi connectivity index (χ0) is 16.0. The molecule has 0 aliphatic heterocycles. The molecule has 1 unspecified atom stereocenters. The lowest BCUT2D eigenvalue weighted by molar-refractivity contribution is 0.0788. The van der Waals surface area contributed by atoms with Gasteiger partial charge in [0.1, 0.15) is 0 Å². The van der Waals surface area contributed by atoms with Gasteiger partial charge in [-0.3, -0.25) is 9.59 Å². The summed E-state index contributed by atoms with van der Waals surface area (Å²) in [7, 11) is 1.78. The van der Waals surface area contributed by atoms with E-state index in [4.69, 9.17) is 5.73 Å². The number of nitrogens with zero attached hydrogens (tertiary/aromatic N) is 1. The number of benzene rings is 1. The first-order chi connectivity index (χ1) is 9.86. The van der Waals surface area contributed by atoms with Crippen molar-refractivity contribution >= 4 is 24.1 Å². The summed E-state index contributed by atoms with van der Waals surface area (Å²) in [6.07, 6.45) is 1.26. The number of hydrogen-bond acceptors (Lipinski definition) is 3. The Kier molecular flexibility index (Phi) is 8.99. The Hall–Kier alpha value is -1.39. The van der Waals surface area contributed by atoms with Crippen molar-refractivity contribution in [2.24, 2.45) is 11.7 Å². The van der Waals surface area contributed by atoms with Gasteiger partial charge in [0.15, 0.2) is 5.78 Å². The molecule has 1 rings (SSSR count). The second kappa shape index (κ2) is 9.59. The summed E-state index contributed by atoms with van der Waals surface area (Å²) in [5.74, 6) is 0.458. The lowest BCUT2D eigenvalue weighted by Gasteiger charge is -2.21. The third kappa shape index (κ3) is 5.78. The summed E-state index contributed by atoms with van der Waals surface area (Å²) in [5.41, 5.74) is 7.25. The zero-order valence-corrected chi connectivity index (χ0v) is 14.7. The number of halogens is 1. The highest BCUT2D eigenvalue weighted by Crippen LogP contribution is 2.10. The van der Waals surface area contributed by atoms with Gasteiger partial charge in [-0.25, -0.2) is 0 Å². The van der Waals surface area contributed by atoms with Gasteiger partial charge in [0, 0.05) is 37.2 Å². The molecule has 0 aromatic heterocycles. The van der Waals surface area contributed by atoms with Gasteiger partial charge in [0.2, 0.25) is 0 Å². The Bertz CT molecular complexity index is 486. The fourth-order valence-electron chi connectivity index (χ4n) is 2.00. The third-order valence-electron chi connectivity index (χ3n) is 3.78. The van der Waals surface area contributed by atoms with Crippen LogP contribution < -0.4 is 5.73 Å². The van der Waals surface area contributed by atoms with Crippen molar-refractivity contribution in [1.82, 2.24) is 4.90 Å². The van der Waals surface area contributed by atoms with E-state index in [0.29, 0.717) is 30.0 Å². The quantitative estimate of drug-likeness (QED) is 0.783. The van der Waals surface area contributed by atoms with Crippen LogP contribution in [0, 0.1) is 5.92 Å². The smallest absolute Gasteiger partial charge is 0.253 e. The number of carbonyl (C=O) groups excluding carboxylic acids is 2. The van der Waals surface area contributed by atoms with E-state index in [1.54, 1.807) is 36.2 Å². The second-order valence-electron chi connectivity index (χ2n) is 5.78. The average molecular weight is 327 g/mol. The Morgan fingerprint density at radius 3 is 2.09 bits per heavy atom. The van der Waals surface area contributed by atoms with E-state index in [2.05, 4.69) is 13.8 Å². The molecular formula is C17H27ClN2O2. The second-order valence-corrected chi connectivity index (χ2v) is 5.78. The summed E-state index contributed by atoms with van der Waals surface area (Å²) in [4.78, 5) is 25.5. The summed E-state index contributed by atoms with van der Waals surface area (Å²) in [6.45, 7) is 6.62. The molecule has 0 aliphatic carbocycles. The molecule has 124 valence electrons. The number of Topliss-reactive ketones (excluding diaryl/α,β-unsaturated/α-hetero) is 1. The molecular weight excluding hydrogens is 300 g/mol. The summed E-state index contributed by atoms with van der Waals surface area (Å²) < 4.78 is 0. The van der Waals surface area contributed by atoms with E-state index in [0.717, 1.165) is 6.42 Å². The van der Waals surface area contributed by atoms with Crippen LogP contribution in [0.15, 0.2) is 24.3 Å². The number of carbonyl (C=O) groups is 2. The van der Waals surface area contributed by atoms with Gasteiger partial charge >= 0.3 is 0 Å². The maximum atomic E-state index is 12.3. The number of hydrogen-bond donors (Lipinski definition) is 1. The molecule has 0 radical (unpaired) electrons.